The van der Waals surface area contributed by atoms with Crippen molar-refractivity contribution >= 4 is 6.08 Å². The van der Waals surface area contributed by atoms with Gasteiger partial charge in [0.1, 0.15) is 5.60 Å². The van der Waals surface area contributed by atoms with Gasteiger partial charge in [0.25, 0.3) is 0 Å². The van der Waals surface area contributed by atoms with Gasteiger partial charge in [0.2, 0.25) is 0 Å². The largest absolute Gasteiger partial charge is 0.495 e. The van der Waals surface area contributed by atoms with Gasteiger partial charge < -0.3 is 4.74 Å². The molecule has 0 fully saturated rings. The zero-order valence-corrected chi connectivity index (χ0v) is 9.16. The minimum Gasteiger partial charge on any atom is -0.495 e. The molecule has 0 radical (unpaired) electrons. The van der Waals surface area contributed by atoms with E-state index in [9.17, 15) is 0 Å². The fraction of sp³-hybridized carbons (Fsp3) is 0.385. The van der Waals surface area contributed by atoms with Crippen LogP contribution in [0.2, 0.25) is 0 Å². The molecule has 0 heterocycles. The van der Waals surface area contributed by atoms with Crippen LogP contribution in [0.15, 0.2) is 36.6 Å². The highest BCUT2D eigenvalue weighted by molar-refractivity contribution is 5.47. The molecule has 0 atom stereocenters. The van der Waals surface area contributed by atoms with Gasteiger partial charge in [-0.15, -0.1) is 0 Å². The average molecular weight is 190 g/mol. The average Bonchev–Trinajstić information content (AvgIpc) is 2.19. The van der Waals surface area contributed by atoms with E-state index in [-0.39, 0.29) is 5.60 Å². The first-order chi connectivity index (χ1) is 6.64. The first-order valence-corrected chi connectivity index (χ1v) is 5.03. The van der Waals surface area contributed by atoms with E-state index in [2.05, 4.69) is 32.9 Å². The van der Waals surface area contributed by atoms with E-state index in [1.165, 1.54) is 5.56 Å². The topological polar surface area (TPSA) is 9.23 Å². The molecule has 1 rings (SSSR count). The van der Waals surface area contributed by atoms with Gasteiger partial charge >= 0.3 is 0 Å². The molecule has 0 aliphatic carbocycles. The molecule has 0 saturated carbocycles. The van der Waals surface area contributed by atoms with Crippen molar-refractivity contribution in [1.82, 2.24) is 0 Å². The normalized spacial score (nSPS) is 11.9. The number of hydrogen-bond acceptors (Lipinski definition) is 1. The molecule has 0 aliphatic heterocycles. The third kappa shape index (κ3) is 3.65. The molecule has 0 aliphatic rings. The highest BCUT2D eigenvalue weighted by atomic mass is 16.5. The molecule has 1 aromatic carbocycles. The molecular formula is C13H18O. The molecule has 0 unspecified atom stereocenters. The standard InChI is InChI=1S/C13H18O/c1-4-13(2,3)14-11-10-12-8-6-5-7-9-12/h5-11H,4H2,1-3H3. The van der Waals surface area contributed by atoms with Gasteiger partial charge in [0.15, 0.2) is 0 Å². The van der Waals surface area contributed by atoms with Crippen LogP contribution in [-0.2, 0) is 4.74 Å². The van der Waals surface area contributed by atoms with E-state index in [1.54, 1.807) is 6.26 Å². The summed E-state index contributed by atoms with van der Waals surface area (Å²) in [6, 6.07) is 10.2. The van der Waals surface area contributed by atoms with Crippen molar-refractivity contribution < 1.29 is 4.74 Å². The maximum absolute atomic E-state index is 5.60. The van der Waals surface area contributed by atoms with Crippen LogP contribution in [0.25, 0.3) is 6.08 Å². The summed E-state index contributed by atoms with van der Waals surface area (Å²) in [4.78, 5) is 0. The Bertz CT molecular complexity index is 285. The third-order valence-electron chi connectivity index (χ3n) is 2.30. The van der Waals surface area contributed by atoms with Crippen molar-refractivity contribution in [2.24, 2.45) is 0 Å². The summed E-state index contributed by atoms with van der Waals surface area (Å²) in [6.07, 6.45) is 4.77. The monoisotopic (exact) mass is 190 g/mol. The zero-order valence-electron chi connectivity index (χ0n) is 9.16. The predicted molar refractivity (Wildman–Crippen MR) is 60.9 cm³/mol. The molecule has 14 heavy (non-hydrogen) atoms. The molecular weight excluding hydrogens is 172 g/mol. The van der Waals surface area contributed by atoms with E-state index in [0.29, 0.717) is 0 Å². The van der Waals surface area contributed by atoms with Crippen LogP contribution in [0.4, 0.5) is 0 Å². The summed E-state index contributed by atoms with van der Waals surface area (Å²) in [5, 5.41) is 0. The first-order valence-electron chi connectivity index (χ1n) is 5.03. The third-order valence-corrected chi connectivity index (χ3v) is 2.30. The highest BCUT2D eigenvalue weighted by Gasteiger charge is 2.13. The van der Waals surface area contributed by atoms with Gasteiger partial charge in [-0.2, -0.15) is 0 Å². The van der Waals surface area contributed by atoms with E-state index >= 15 is 0 Å². The first kappa shape index (κ1) is 10.8. The van der Waals surface area contributed by atoms with Crippen LogP contribution < -0.4 is 0 Å². The smallest absolute Gasteiger partial charge is 0.102 e. The second-order valence-electron chi connectivity index (χ2n) is 3.94. The summed E-state index contributed by atoms with van der Waals surface area (Å²) in [5.74, 6) is 0. The highest BCUT2D eigenvalue weighted by Crippen LogP contribution is 2.14. The summed E-state index contributed by atoms with van der Waals surface area (Å²) in [5.41, 5.74) is 1.10. The molecule has 0 aromatic heterocycles. The van der Waals surface area contributed by atoms with Crippen LogP contribution in [0.3, 0.4) is 0 Å². The fourth-order valence-corrected chi connectivity index (χ4v) is 0.944. The summed E-state index contributed by atoms with van der Waals surface area (Å²) in [6.45, 7) is 6.29. The van der Waals surface area contributed by atoms with Crippen LogP contribution in [0.1, 0.15) is 32.8 Å². The van der Waals surface area contributed by atoms with Crippen LogP contribution in [-0.4, -0.2) is 5.60 Å². The Labute approximate surface area is 86.4 Å². The van der Waals surface area contributed by atoms with E-state index in [4.69, 9.17) is 4.74 Å². The summed E-state index contributed by atoms with van der Waals surface area (Å²) in [7, 11) is 0. The van der Waals surface area contributed by atoms with E-state index in [1.807, 2.05) is 24.3 Å². The minimum absolute atomic E-state index is 0.0642. The lowest BCUT2D eigenvalue weighted by atomic mass is 10.1. The zero-order chi connectivity index (χ0) is 10.4. The van der Waals surface area contributed by atoms with Crippen LogP contribution in [0, 0.1) is 0 Å². The second-order valence-corrected chi connectivity index (χ2v) is 3.94. The quantitative estimate of drug-likeness (QED) is 0.655. The van der Waals surface area contributed by atoms with E-state index in [0.717, 1.165) is 6.42 Å². The van der Waals surface area contributed by atoms with Crippen LogP contribution >= 0.6 is 0 Å². The Morgan fingerprint density at radius 2 is 1.86 bits per heavy atom. The number of rotatable bonds is 4. The number of hydrogen-bond donors (Lipinski definition) is 0. The Hall–Kier alpha value is -1.24. The molecule has 0 spiro atoms. The SMILES string of the molecule is CCC(C)(C)OC=Cc1ccccc1. The lowest BCUT2D eigenvalue weighted by Crippen LogP contribution is -2.19. The lowest BCUT2D eigenvalue weighted by molar-refractivity contribution is 0.0557. The van der Waals surface area contributed by atoms with Crippen molar-refractivity contribution in [3.63, 3.8) is 0 Å². The van der Waals surface area contributed by atoms with Crippen molar-refractivity contribution in [2.45, 2.75) is 32.8 Å². The summed E-state index contributed by atoms with van der Waals surface area (Å²) >= 11 is 0. The molecule has 0 bridgehead atoms. The number of benzene rings is 1. The Morgan fingerprint density at radius 1 is 1.21 bits per heavy atom. The fourth-order valence-electron chi connectivity index (χ4n) is 0.944. The van der Waals surface area contributed by atoms with Gasteiger partial charge in [-0.25, -0.2) is 0 Å². The maximum Gasteiger partial charge on any atom is 0.102 e. The van der Waals surface area contributed by atoms with Gasteiger partial charge in [-0.1, -0.05) is 37.3 Å². The Kier molecular flexibility index (Phi) is 3.75. The molecule has 1 heteroatoms. The molecule has 1 nitrogen and oxygen atoms in total. The predicted octanol–water partition coefficient (Wildman–Crippen LogP) is 3.86. The molecule has 0 saturated heterocycles. The van der Waals surface area contributed by atoms with Crippen molar-refractivity contribution in [1.29, 1.82) is 0 Å². The van der Waals surface area contributed by atoms with Gasteiger partial charge in [-0.05, 0) is 31.9 Å². The lowest BCUT2D eigenvalue weighted by Gasteiger charge is -2.21. The van der Waals surface area contributed by atoms with Crippen molar-refractivity contribution in [2.75, 3.05) is 0 Å². The maximum atomic E-state index is 5.60. The minimum atomic E-state index is -0.0642. The molecule has 0 amide bonds. The Morgan fingerprint density at radius 3 is 2.43 bits per heavy atom. The van der Waals surface area contributed by atoms with Crippen molar-refractivity contribution in [3.05, 3.63) is 42.2 Å². The van der Waals surface area contributed by atoms with Gasteiger partial charge in [0.05, 0.1) is 6.26 Å². The number of ether oxygens (including phenoxy) is 1. The van der Waals surface area contributed by atoms with Crippen LogP contribution in [0.5, 0.6) is 0 Å². The van der Waals surface area contributed by atoms with E-state index < -0.39 is 0 Å². The molecule has 1 aromatic rings. The summed E-state index contributed by atoms with van der Waals surface area (Å²) < 4.78 is 5.60. The van der Waals surface area contributed by atoms with Gasteiger partial charge in [-0.3, -0.25) is 0 Å². The molecule has 76 valence electrons. The van der Waals surface area contributed by atoms with Crippen molar-refractivity contribution in [3.8, 4) is 0 Å². The second kappa shape index (κ2) is 4.85. The Balaban J connectivity index is 2.50. The van der Waals surface area contributed by atoms with Gasteiger partial charge in [0, 0.05) is 0 Å². The molecule has 0 N–H and O–H groups in total.